The number of thioether (sulfide) groups is 1. The van der Waals surface area contributed by atoms with E-state index in [0.717, 1.165) is 25.3 Å². The first-order chi connectivity index (χ1) is 9.10. The minimum atomic E-state index is -0.0598. The van der Waals surface area contributed by atoms with E-state index in [-0.39, 0.29) is 5.91 Å². The van der Waals surface area contributed by atoms with Gasteiger partial charge in [-0.3, -0.25) is 4.79 Å². The third kappa shape index (κ3) is 3.73. The molecule has 0 heterocycles. The van der Waals surface area contributed by atoms with E-state index in [9.17, 15) is 4.79 Å². The maximum Gasteiger partial charge on any atom is 0.255 e. The molecule has 19 heavy (non-hydrogen) atoms. The number of hydrogen-bond acceptors (Lipinski definition) is 2. The van der Waals surface area contributed by atoms with Crippen molar-refractivity contribution in [3.63, 3.8) is 0 Å². The van der Waals surface area contributed by atoms with Crippen molar-refractivity contribution in [3.8, 4) is 0 Å². The van der Waals surface area contributed by atoms with Crippen LogP contribution in [0.25, 0.3) is 0 Å². The molecule has 2 rings (SSSR count). The Morgan fingerprint density at radius 1 is 1.21 bits per heavy atom. The fourth-order valence-corrected chi connectivity index (χ4v) is 2.72. The summed E-state index contributed by atoms with van der Waals surface area (Å²) in [6.07, 6.45) is 2.01. The van der Waals surface area contributed by atoms with Crippen LogP contribution in [0, 0.1) is 10.5 Å². The molecule has 0 unspecified atom stereocenters. The Balaban J connectivity index is 2.25. The van der Waals surface area contributed by atoms with Gasteiger partial charge in [-0.2, -0.15) is 0 Å². The number of halogens is 1. The molecule has 0 radical (unpaired) electrons. The van der Waals surface area contributed by atoms with Gasteiger partial charge in [-0.1, -0.05) is 12.1 Å². The summed E-state index contributed by atoms with van der Waals surface area (Å²) in [5.74, 6) is -0.0598. The molecule has 0 saturated carbocycles. The van der Waals surface area contributed by atoms with Gasteiger partial charge < -0.3 is 5.32 Å². The van der Waals surface area contributed by atoms with Crippen LogP contribution < -0.4 is 5.32 Å². The number of amides is 1. The zero-order valence-corrected chi connectivity index (χ0v) is 13.7. The molecule has 1 amide bonds. The number of aryl methyl sites for hydroxylation is 1. The van der Waals surface area contributed by atoms with E-state index >= 15 is 0 Å². The van der Waals surface area contributed by atoms with Crippen molar-refractivity contribution >= 4 is 45.9 Å². The molecule has 0 aliphatic carbocycles. The van der Waals surface area contributed by atoms with E-state index in [0.29, 0.717) is 0 Å². The summed E-state index contributed by atoms with van der Waals surface area (Å²) in [6, 6.07) is 13.7. The number of carbonyl (C=O) groups excluding carboxylic acids is 1. The van der Waals surface area contributed by atoms with Crippen LogP contribution in [0.15, 0.2) is 47.4 Å². The molecule has 0 saturated heterocycles. The molecule has 98 valence electrons. The summed E-state index contributed by atoms with van der Waals surface area (Å²) in [6.45, 7) is 1.95. The molecular formula is C15H14INOS. The average molecular weight is 383 g/mol. The fraction of sp³-hybridized carbons (Fsp3) is 0.133. The molecule has 2 nitrogen and oxygen atoms in total. The van der Waals surface area contributed by atoms with Crippen LogP contribution >= 0.6 is 34.4 Å². The first-order valence-corrected chi connectivity index (χ1v) is 8.12. The highest BCUT2D eigenvalue weighted by Gasteiger charge is 2.10. The summed E-state index contributed by atoms with van der Waals surface area (Å²) < 4.78 is 1.10. The van der Waals surface area contributed by atoms with Crippen molar-refractivity contribution < 1.29 is 4.79 Å². The maximum absolute atomic E-state index is 12.3. The predicted molar refractivity (Wildman–Crippen MR) is 90.1 cm³/mol. The van der Waals surface area contributed by atoms with Gasteiger partial charge in [0, 0.05) is 19.7 Å². The van der Waals surface area contributed by atoms with Crippen molar-refractivity contribution in [3.05, 3.63) is 57.2 Å². The monoisotopic (exact) mass is 383 g/mol. The van der Waals surface area contributed by atoms with Crippen molar-refractivity contribution in [2.75, 3.05) is 11.6 Å². The van der Waals surface area contributed by atoms with E-state index in [1.54, 1.807) is 11.8 Å². The molecule has 2 aromatic carbocycles. The fourth-order valence-electron chi connectivity index (χ4n) is 1.74. The van der Waals surface area contributed by atoms with Crippen LogP contribution in [0.4, 0.5) is 5.69 Å². The average Bonchev–Trinajstić information content (AvgIpc) is 2.39. The lowest BCUT2D eigenvalue weighted by molar-refractivity contribution is 0.102. The normalized spacial score (nSPS) is 10.3. The maximum atomic E-state index is 12.3. The highest BCUT2D eigenvalue weighted by Crippen LogP contribution is 2.20. The molecule has 0 aliphatic rings. The summed E-state index contributed by atoms with van der Waals surface area (Å²) in [7, 11) is 0. The molecule has 2 aromatic rings. The van der Waals surface area contributed by atoms with Gasteiger partial charge in [0.25, 0.3) is 5.91 Å². The second-order valence-corrected chi connectivity index (χ2v) is 6.27. The Hall–Kier alpha value is -1.01. The Labute approximate surface area is 131 Å². The number of rotatable bonds is 3. The van der Waals surface area contributed by atoms with E-state index in [1.807, 2.05) is 55.6 Å². The number of benzene rings is 2. The van der Waals surface area contributed by atoms with Gasteiger partial charge >= 0.3 is 0 Å². The molecule has 1 N–H and O–H groups in total. The van der Waals surface area contributed by atoms with E-state index in [1.165, 1.54) is 0 Å². The first kappa shape index (κ1) is 14.4. The minimum Gasteiger partial charge on any atom is -0.322 e. The summed E-state index contributed by atoms with van der Waals surface area (Å²) in [4.78, 5) is 13.4. The van der Waals surface area contributed by atoms with E-state index in [4.69, 9.17) is 0 Å². The van der Waals surface area contributed by atoms with Gasteiger partial charge in [-0.05, 0) is 71.7 Å². The molecule has 0 aliphatic heterocycles. The van der Waals surface area contributed by atoms with Crippen LogP contribution in [-0.4, -0.2) is 12.2 Å². The second-order valence-electron chi connectivity index (χ2n) is 4.15. The smallest absolute Gasteiger partial charge is 0.255 e. The molecule has 4 heteroatoms. The molecule has 0 aromatic heterocycles. The summed E-state index contributed by atoms with van der Waals surface area (Å²) >= 11 is 3.87. The van der Waals surface area contributed by atoms with Gasteiger partial charge in [0.1, 0.15) is 0 Å². The van der Waals surface area contributed by atoms with Gasteiger partial charge in [-0.25, -0.2) is 0 Å². The lowest BCUT2D eigenvalue weighted by Crippen LogP contribution is -2.13. The Morgan fingerprint density at radius 2 is 2.00 bits per heavy atom. The summed E-state index contributed by atoms with van der Waals surface area (Å²) in [5, 5.41) is 2.94. The number of hydrogen-bond donors (Lipinski definition) is 1. The highest BCUT2D eigenvalue weighted by molar-refractivity contribution is 14.1. The highest BCUT2D eigenvalue weighted by atomic mass is 127. The van der Waals surface area contributed by atoms with Crippen molar-refractivity contribution in [2.45, 2.75) is 11.8 Å². The van der Waals surface area contributed by atoms with Gasteiger partial charge in [0.2, 0.25) is 0 Å². The Kier molecular flexibility index (Phi) is 4.87. The lowest BCUT2D eigenvalue weighted by Gasteiger charge is -2.09. The van der Waals surface area contributed by atoms with Crippen LogP contribution in [0.1, 0.15) is 15.9 Å². The lowest BCUT2D eigenvalue weighted by atomic mass is 10.1. The van der Waals surface area contributed by atoms with Crippen LogP contribution in [-0.2, 0) is 0 Å². The van der Waals surface area contributed by atoms with Gasteiger partial charge in [0.15, 0.2) is 0 Å². The first-order valence-electron chi connectivity index (χ1n) is 5.81. The third-order valence-electron chi connectivity index (χ3n) is 2.77. The quantitative estimate of drug-likeness (QED) is 0.621. The van der Waals surface area contributed by atoms with Crippen LogP contribution in [0.5, 0.6) is 0 Å². The summed E-state index contributed by atoms with van der Waals surface area (Å²) in [5.41, 5.74) is 2.54. The molecule has 0 fully saturated rings. The molecule has 0 spiro atoms. The number of anilines is 1. The van der Waals surface area contributed by atoms with Crippen molar-refractivity contribution in [1.29, 1.82) is 0 Å². The molecule has 0 bridgehead atoms. The van der Waals surface area contributed by atoms with Crippen molar-refractivity contribution in [1.82, 2.24) is 0 Å². The zero-order chi connectivity index (χ0) is 13.8. The van der Waals surface area contributed by atoms with Gasteiger partial charge in [-0.15, -0.1) is 11.8 Å². The Morgan fingerprint density at radius 3 is 2.68 bits per heavy atom. The third-order valence-corrected chi connectivity index (χ3v) is 4.17. The second kappa shape index (κ2) is 6.43. The van der Waals surface area contributed by atoms with Crippen LogP contribution in [0.3, 0.4) is 0 Å². The SMILES string of the molecule is CSc1ccc(C)c(C(=O)Nc2cccc(I)c2)c1. The van der Waals surface area contributed by atoms with E-state index in [2.05, 4.69) is 27.9 Å². The predicted octanol–water partition coefficient (Wildman–Crippen LogP) is 4.57. The number of nitrogens with one attached hydrogen (secondary N) is 1. The topological polar surface area (TPSA) is 29.1 Å². The molecule has 0 atom stereocenters. The molecular weight excluding hydrogens is 369 g/mol. The standard InChI is InChI=1S/C15H14INOS/c1-10-6-7-13(19-2)9-14(10)15(18)17-12-5-3-4-11(16)8-12/h3-9H,1-2H3,(H,17,18). The number of carbonyl (C=O) groups is 1. The van der Waals surface area contributed by atoms with E-state index < -0.39 is 0 Å². The van der Waals surface area contributed by atoms with Crippen molar-refractivity contribution in [2.24, 2.45) is 0 Å². The largest absolute Gasteiger partial charge is 0.322 e. The zero-order valence-electron chi connectivity index (χ0n) is 10.7. The van der Waals surface area contributed by atoms with Crippen LogP contribution in [0.2, 0.25) is 0 Å². The Bertz CT molecular complexity index is 613. The van der Waals surface area contributed by atoms with Gasteiger partial charge in [0.05, 0.1) is 0 Å². The minimum absolute atomic E-state index is 0.0598.